The summed E-state index contributed by atoms with van der Waals surface area (Å²) in [6.45, 7) is 5.72. The van der Waals surface area contributed by atoms with E-state index in [0.29, 0.717) is 31.3 Å². The van der Waals surface area contributed by atoms with Gasteiger partial charge in [0.2, 0.25) is 5.88 Å². The van der Waals surface area contributed by atoms with Crippen LogP contribution in [-0.4, -0.2) is 42.7 Å². The maximum absolute atomic E-state index is 11.1. The van der Waals surface area contributed by atoms with Gasteiger partial charge in [0.15, 0.2) is 5.82 Å². The fourth-order valence-electron chi connectivity index (χ4n) is 1.47. The molecule has 100 valence electrons. The van der Waals surface area contributed by atoms with E-state index in [9.17, 15) is 4.79 Å². The molecule has 0 unspecified atom stereocenters. The van der Waals surface area contributed by atoms with Crippen molar-refractivity contribution in [3.05, 3.63) is 12.4 Å². The molecule has 0 fully saturated rings. The van der Waals surface area contributed by atoms with E-state index >= 15 is 0 Å². The molecule has 0 spiro atoms. The standard InChI is InChI=1S/C12H19N3O3/c1-4-15(7-6-12(16)17-3)10-8-13-9-11(14-10)18-5-2/h8-9H,4-7H2,1-3H3. The number of esters is 1. The molecule has 0 radical (unpaired) electrons. The molecule has 18 heavy (non-hydrogen) atoms. The number of nitrogens with zero attached hydrogens (tertiary/aromatic N) is 3. The highest BCUT2D eigenvalue weighted by Crippen LogP contribution is 2.14. The number of hydrogen-bond donors (Lipinski definition) is 0. The van der Waals surface area contributed by atoms with Crippen molar-refractivity contribution in [2.75, 3.05) is 31.7 Å². The Morgan fingerprint density at radius 1 is 1.39 bits per heavy atom. The highest BCUT2D eigenvalue weighted by atomic mass is 16.5. The largest absolute Gasteiger partial charge is 0.477 e. The molecule has 0 aliphatic heterocycles. The number of rotatable bonds is 7. The Kier molecular flexibility index (Phi) is 5.90. The van der Waals surface area contributed by atoms with Crippen molar-refractivity contribution in [3.8, 4) is 5.88 Å². The number of methoxy groups -OCH3 is 1. The van der Waals surface area contributed by atoms with Crippen LogP contribution >= 0.6 is 0 Å². The van der Waals surface area contributed by atoms with Crippen molar-refractivity contribution in [3.63, 3.8) is 0 Å². The molecule has 0 saturated heterocycles. The van der Waals surface area contributed by atoms with Crippen molar-refractivity contribution in [1.82, 2.24) is 9.97 Å². The molecule has 0 atom stereocenters. The fraction of sp³-hybridized carbons (Fsp3) is 0.583. The second-order valence-electron chi connectivity index (χ2n) is 3.55. The van der Waals surface area contributed by atoms with Gasteiger partial charge in [0.25, 0.3) is 0 Å². The number of carbonyl (C=O) groups excluding carboxylic acids is 1. The van der Waals surface area contributed by atoms with Crippen molar-refractivity contribution in [2.45, 2.75) is 20.3 Å². The van der Waals surface area contributed by atoms with Gasteiger partial charge in [-0.25, -0.2) is 0 Å². The van der Waals surface area contributed by atoms with Gasteiger partial charge in [-0.1, -0.05) is 0 Å². The molecule has 6 heteroatoms. The minimum Gasteiger partial charge on any atom is -0.477 e. The number of ether oxygens (including phenoxy) is 2. The summed E-state index contributed by atoms with van der Waals surface area (Å²) in [6.07, 6.45) is 3.55. The van der Waals surface area contributed by atoms with Gasteiger partial charge in [-0.3, -0.25) is 9.78 Å². The number of anilines is 1. The molecule has 0 aromatic carbocycles. The van der Waals surface area contributed by atoms with Crippen LogP contribution in [-0.2, 0) is 9.53 Å². The first-order valence-electron chi connectivity index (χ1n) is 5.97. The Hall–Kier alpha value is -1.85. The monoisotopic (exact) mass is 253 g/mol. The Morgan fingerprint density at radius 2 is 2.17 bits per heavy atom. The lowest BCUT2D eigenvalue weighted by atomic mass is 10.3. The van der Waals surface area contributed by atoms with Crippen LogP contribution in [0.2, 0.25) is 0 Å². The Labute approximate surface area is 107 Å². The highest BCUT2D eigenvalue weighted by Gasteiger charge is 2.10. The molecular weight excluding hydrogens is 234 g/mol. The lowest BCUT2D eigenvalue weighted by Gasteiger charge is -2.21. The smallest absolute Gasteiger partial charge is 0.307 e. The molecule has 0 bridgehead atoms. The zero-order valence-electron chi connectivity index (χ0n) is 11.0. The Bertz CT molecular complexity index is 385. The molecule has 6 nitrogen and oxygen atoms in total. The fourth-order valence-corrected chi connectivity index (χ4v) is 1.47. The highest BCUT2D eigenvalue weighted by molar-refractivity contribution is 5.69. The first kappa shape index (κ1) is 14.2. The predicted molar refractivity (Wildman–Crippen MR) is 67.7 cm³/mol. The van der Waals surface area contributed by atoms with Gasteiger partial charge >= 0.3 is 5.97 Å². The summed E-state index contributed by atoms with van der Waals surface area (Å²) < 4.78 is 9.91. The molecule has 1 aromatic rings. The summed E-state index contributed by atoms with van der Waals surface area (Å²) in [5, 5.41) is 0. The molecule has 1 aromatic heterocycles. The summed E-state index contributed by atoms with van der Waals surface area (Å²) >= 11 is 0. The molecule has 1 heterocycles. The van der Waals surface area contributed by atoms with Crippen LogP contribution in [0.15, 0.2) is 12.4 Å². The van der Waals surface area contributed by atoms with Gasteiger partial charge in [0.05, 0.1) is 32.5 Å². The van der Waals surface area contributed by atoms with Crippen molar-refractivity contribution in [1.29, 1.82) is 0 Å². The average Bonchev–Trinajstić information content (AvgIpc) is 2.40. The normalized spacial score (nSPS) is 9.94. The van der Waals surface area contributed by atoms with Crippen LogP contribution in [0.1, 0.15) is 20.3 Å². The van der Waals surface area contributed by atoms with Crippen LogP contribution in [0, 0.1) is 0 Å². The van der Waals surface area contributed by atoms with E-state index in [2.05, 4.69) is 14.7 Å². The van der Waals surface area contributed by atoms with Crippen molar-refractivity contribution >= 4 is 11.8 Å². The molecule has 0 aliphatic rings. The molecule has 1 rings (SSSR count). The molecule has 0 saturated carbocycles. The number of aromatic nitrogens is 2. The van der Waals surface area contributed by atoms with Crippen LogP contribution in [0.3, 0.4) is 0 Å². The summed E-state index contributed by atoms with van der Waals surface area (Å²) in [6, 6.07) is 0. The summed E-state index contributed by atoms with van der Waals surface area (Å²) in [5.41, 5.74) is 0. The van der Waals surface area contributed by atoms with E-state index in [1.54, 1.807) is 12.4 Å². The van der Waals surface area contributed by atoms with E-state index in [0.717, 1.165) is 6.54 Å². The summed E-state index contributed by atoms with van der Waals surface area (Å²) in [5.74, 6) is 0.959. The van der Waals surface area contributed by atoms with Gasteiger partial charge in [-0.15, -0.1) is 0 Å². The van der Waals surface area contributed by atoms with E-state index in [4.69, 9.17) is 4.74 Å². The lowest BCUT2D eigenvalue weighted by molar-refractivity contribution is -0.140. The van der Waals surface area contributed by atoms with Crippen LogP contribution in [0.25, 0.3) is 0 Å². The zero-order valence-corrected chi connectivity index (χ0v) is 11.0. The average molecular weight is 253 g/mol. The third kappa shape index (κ3) is 4.20. The van der Waals surface area contributed by atoms with Crippen LogP contribution in [0.4, 0.5) is 5.82 Å². The molecule has 0 N–H and O–H groups in total. The van der Waals surface area contributed by atoms with Crippen LogP contribution < -0.4 is 9.64 Å². The second kappa shape index (κ2) is 7.47. The molecule has 0 amide bonds. The first-order valence-corrected chi connectivity index (χ1v) is 5.97. The predicted octanol–water partition coefficient (Wildman–Crippen LogP) is 1.26. The summed E-state index contributed by atoms with van der Waals surface area (Å²) in [4.78, 5) is 21.5. The summed E-state index contributed by atoms with van der Waals surface area (Å²) in [7, 11) is 1.38. The van der Waals surface area contributed by atoms with Gasteiger partial charge < -0.3 is 14.4 Å². The number of hydrogen-bond acceptors (Lipinski definition) is 6. The SMILES string of the molecule is CCOc1cncc(N(CC)CCC(=O)OC)n1. The van der Waals surface area contributed by atoms with Crippen LogP contribution in [0.5, 0.6) is 5.88 Å². The molecular formula is C12H19N3O3. The number of carbonyl (C=O) groups is 1. The molecule has 0 aliphatic carbocycles. The quantitative estimate of drug-likeness (QED) is 0.682. The van der Waals surface area contributed by atoms with Gasteiger partial charge in [0.1, 0.15) is 0 Å². The Morgan fingerprint density at radius 3 is 2.78 bits per heavy atom. The van der Waals surface area contributed by atoms with E-state index in [-0.39, 0.29) is 5.97 Å². The van der Waals surface area contributed by atoms with Gasteiger partial charge in [-0.2, -0.15) is 4.98 Å². The van der Waals surface area contributed by atoms with Crippen molar-refractivity contribution in [2.24, 2.45) is 0 Å². The third-order valence-corrected chi connectivity index (χ3v) is 2.41. The van der Waals surface area contributed by atoms with E-state index in [1.165, 1.54) is 7.11 Å². The van der Waals surface area contributed by atoms with E-state index in [1.807, 2.05) is 18.7 Å². The topological polar surface area (TPSA) is 64.5 Å². The minimum atomic E-state index is -0.234. The Balaban J connectivity index is 2.68. The third-order valence-electron chi connectivity index (χ3n) is 2.41. The van der Waals surface area contributed by atoms with Crippen molar-refractivity contribution < 1.29 is 14.3 Å². The minimum absolute atomic E-state index is 0.234. The first-order chi connectivity index (χ1) is 8.71. The maximum atomic E-state index is 11.1. The maximum Gasteiger partial charge on any atom is 0.307 e. The van der Waals surface area contributed by atoms with Gasteiger partial charge in [0, 0.05) is 13.1 Å². The van der Waals surface area contributed by atoms with E-state index < -0.39 is 0 Å². The van der Waals surface area contributed by atoms with Gasteiger partial charge in [-0.05, 0) is 13.8 Å². The second-order valence-corrected chi connectivity index (χ2v) is 3.55. The zero-order chi connectivity index (χ0) is 13.4. The lowest BCUT2D eigenvalue weighted by Crippen LogP contribution is -2.27.